The topological polar surface area (TPSA) is 433 Å². The minimum Gasteiger partial charge on any atom is -0.457 e. The summed E-state index contributed by atoms with van der Waals surface area (Å²) in [4.78, 5) is 120. The minimum atomic E-state index is -3.45. The number of amides is 5. The van der Waals surface area contributed by atoms with Crippen LogP contribution in [0.5, 0.6) is 0 Å². The van der Waals surface area contributed by atoms with Gasteiger partial charge in [0.1, 0.15) is 38.2 Å². The number of unbranched alkanes of at least 4 members (excludes halogenated alkanes) is 2. The number of carbonyl (C=O) groups excluding carboxylic acids is 7. The van der Waals surface area contributed by atoms with Crippen LogP contribution in [0.3, 0.4) is 0 Å². The van der Waals surface area contributed by atoms with Crippen LogP contribution in [0.2, 0.25) is 0 Å². The third-order valence-corrected chi connectivity index (χ3v) is 18.8. The lowest BCUT2D eigenvalue weighted by molar-refractivity contribution is -0.175. The van der Waals surface area contributed by atoms with Crippen molar-refractivity contribution in [3.8, 4) is 11.4 Å². The Balaban J connectivity index is 0.593. The molecule has 2 aromatic carbocycles. The number of hydrogen-bond acceptors (Lipinski definition) is 28. The molecule has 6 heterocycles. The summed E-state index contributed by atoms with van der Waals surface area (Å²) in [7, 11) is -3.45. The molecule has 0 saturated heterocycles. The molecule has 0 fully saturated rings. The van der Waals surface area contributed by atoms with Crippen molar-refractivity contribution >= 4 is 74.2 Å². The summed E-state index contributed by atoms with van der Waals surface area (Å²) in [6.45, 7) is 13.5. The molecule has 0 aliphatic carbocycles. The van der Waals surface area contributed by atoms with Crippen molar-refractivity contribution in [2.75, 3.05) is 150 Å². The third-order valence-electron chi connectivity index (χ3n) is 18.0. The fraction of sp³-hybridized carbons (Fsp3) is 0.545. The molecule has 6 N–H and O–H groups in total. The SMILES string of the molecule is CC[C@@]1(OC(=O)OCc2ccc(NC(=O)[C@H](CCCCN)NC(=O)COCC(=O)NCCOCCOCCOCCOCCOCCOCCOCCOCCn3cc(CNC(=O)CCC/C=C/c4cnc(S(C)(=O)=O)nc4)nn3)cc2)C(=O)OCc2c1cc1n(c2=O)Cc2c-1nc1ccccc1c2CCN(C(C)=O)C(C)C. The Hall–Kier alpha value is -9.60. The van der Waals surface area contributed by atoms with Crippen LogP contribution < -0.4 is 32.6 Å². The van der Waals surface area contributed by atoms with Gasteiger partial charge in [-0.05, 0) is 101 Å². The van der Waals surface area contributed by atoms with Crippen LogP contribution in [0.1, 0.15) is 112 Å². The molecule has 8 rings (SSSR count). The van der Waals surface area contributed by atoms with Gasteiger partial charge in [-0.3, -0.25) is 28.8 Å². The molecule has 4 aromatic heterocycles. The summed E-state index contributed by atoms with van der Waals surface area (Å²) in [5.74, 6) is -2.62. The van der Waals surface area contributed by atoms with Crippen molar-refractivity contribution in [1.29, 1.82) is 0 Å². The lowest BCUT2D eigenvalue weighted by atomic mass is 9.85. The number of pyridine rings is 2. The van der Waals surface area contributed by atoms with Gasteiger partial charge in [-0.1, -0.05) is 54.6 Å². The summed E-state index contributed by atoms with van der Waals surface area (Å²) < 4.78 is 92.9. The number of nitrogens with two attached hydrogens (primary N) is 1. The zero-order chi connectivity index (χ0) is 80.8. The monoisotopic (exact) mass is 1600 g/mol. The number of nitrogens with zero attached hydrogens (tertiary/aromatic N) is 8. The normalized spacial score (nSPS) is 14.0. The van der Waals surface area contributed by atoms with Gasteiger partial charge >= 0.3 is 12.1 Å². The van der Waals surface area contributed by atoms with E-state index in [-0.39, 0.29) is 86.4 Å². The minimum absolute atomic E-state index is 0.0265. The number of carbonyl (C=O) groups is 7. The molecule has 113 heavy (non-hydrogen) atoms. The Morgan fingerprint density at radius 2 is 1.38 bits per heavy atom. The summed E-state index contributed by atoms with van der Waals surface area (Å²) in [6, 6.07) is 14.7. The van der Waals surface area contributed by atoms with Gasteiger partial charge in [0.25, 0.3) is 5.56 Å². The van der Waals surface area contributed by atoms with Crippen LogP contribution in [-0.2, 0) is 140 Å². The Morgan fingerprint density at radius 3 is 2.00 bits per heavy atom. The van der Waals surface area contributed by atoms with Crippen molar-refractivity contribution in [2.24, 2.45) is 5.73 Å². The number of anilines is 1. The highest BCUT2D eigenvalue weighted by atomic mass is 32.2. The van der Waals surface area contributed by atoms with E-state index in [1.54, 1.807) is 70.6 Å². The number of rotatable bonds is 54. The van der Waals surface area contributed by atoms with E-state index in [1.165, 1.54) is 12.4 Å². The van der Waals surface area contributed by atoms with Gasteiger partial charge in [0.05, 0.1) is 154 Å². The predicted octanol–water partition coefficient (Wildman–Crippen LogP) is 4.04. The van der Waals surface area contributed by atoms with Gasteiger partial charge < -0.3 is 93.3 Å². The van der Waals surface area contributed by atoms with E-state index < -0.39 is 70.1 Å². The van der Waals surface area contributed by atoms with E-state index in [1.807, 2.05) is 44.2 Å². The highest BCUT2D eigenvalue weighted by molar-refractivity contribution is 7.90. The number of cyclic esters (lactones) is 1. The molecule has 35 nitrogen and oxygen atoms in total. The fourth-order valence-corrected chi connectivity index (χ4v) is 12.6. The lowest BCUT2D eigenvalue weighted by Gasteiger charge is -2.35. The lowest BCUT2D eigenvalue weighted by Crippen LogP contribution is -2.47. The number of benzene rings is 2. The maximum Gasteiger partial charge on any atom is 0.510 e. The first-order valence-corrected chi connectivity index (χ1v) is 39.7. The molecule has 0 unspecified atom stereocenters. The number of ether oxygens (including phenoxy) is 12. The number of hydrogen-bond donors (Lipinski definition) is 5. The molecule has 0 bridgehead atoms. The molecule has 0 saturated carbocycles. The molecule has 36 heteroatoms. The van der Waals surface area contributed by atoms with Crippen LogP contribution in [0, 0.1) is 0 Å². The third kappa shape index (κ3) is 28.8. The molecule has 2 aliphatic heterocycles. The summed E-state index contributed by atoms with van der Waals surface area (Å²) in [5, 5.41) is 19.8. The molecular weight excluding hydrogens is 1490 g/mol. The Kier molecular flexibility index (Phi) is 37.1. The van der Waals surface area contributed by atoms with E-state index in [2.05, 4.69) is 41.5 Å². The highest BCUT2D eigenvalue weighted by Crippen LogP contribution is 2.42. The first-order chi connectivity index (χ1) is 54.7. The number of para-hydroxylation sites is 1. The smallest absolute Gasteiger partial charge is 0.457 e. The number of allylic oxidation sites excluding steroid dienone is 1. The van der Waals surface area contributed by atoms with E-state index in [0.29, 0.717) is 197 Å². The first kappa shape index (κ1) is 89.0. The van der Waals surface area contributed by atoms with Crippen molar-refractivity contribution in [1.82, 2.24) is 55.4 Å². The molecular formula is C77H105N13O22S. The molecule has 2 aliphatic rings. The van der Waals surface area contributed by atoms with Crippen LogP contribution in [0.15, 0.2) is 89.2 Å². The van der Waals surface area contributed by atoms with Gasteiger partial charge in [0.15, 0.2) is 0 Å². The van der Waals surface area contributed by atoms with Gasteiger partial charge in [-0.2, -0.15) is 0 Å². The van der Waals surface area contributed by atoms with Crippen molar-refractivity contribution in [3.05, 3.63) is 129 Å². The average Bonchev–Trinajstić information content (AvgIpc) is 1.63. The van der Waals surface area contributed by atoms with E-state index >= 15 is 0 Å². The highest BCUT2D eigenvalue weighted by Gasteiger charge is 2.51. The fourth-order valence-electron chi connectivity index (χ4n) is 12.2. The second-order valence-corrected chi connectivity index (χ2v) is 28.6. The van der Waals surface area contributed by atoms with Crippen LogP contribution >= 0.6 is 0 Å². The summed E-state index contributed by atoms with van der Waals surface area (Å²) in [5.41, 5.74) is 9.22. The molecule has 6 aromatic rings. The Labute approximate surface area is 656 Å². The van der Waals surface area contributed by atoms with Gasteiger partial charge in [0.2, 0.25) is 50.1 Å². The molecule has 5 amide bonds. The maximum absolute atomic E-state index is 14.4. The molecule has 0 spiro atoms. The summed E-state index contributed by atoms with van der Waals surface area (Å²) in [6.07, 6.45) is 11.6. The average molecular weight is 1600 g/mol. The standard InChI is InChI=1S/C77H105N13O22S/c1-6-77(64-44-67-71-62(49-90(67)73(96)63(64)51-110-74(77)97)60(23-26-89(54(2)3)55(4)91)61-15-10-11-16-65(61)85-71)112-76(98)111-50-56-19-21-58(22-20-56)83-72(95)66(17-12-13-24-78)84-70(94)53-109-52-69(93)79-25-28-101-30-32-103-34-36-105-38-40-107-42-43-108-41-39-106-37-35-104-33-31-102-29-27-88-48-59(86-87-88)47-80-68(92)18-9-7-8-14-57-45-81-75(82-46-57)113(5,99)100/h8,10-11,14-16,19-22,44-46,48,54,66H,6-7,9,12-13,17-18,23-43,47,49-53,78H2,1-5H3,(H,79,93)(H,80,92)(H,83,95)(H,84,94)/b14-8+/t66-,77-/m0/s1. The van der Waals surface area contributed by atoms with E-state index in [9.17, 15) is 46.8 Å². The summed E-state index contributed by atoms with van der Waals surface area (Å²) >= 11 is 0. The quantitative estimate of drug-likeness (QED) is 0.0204. The Morgan fingerprint density at radius 1 is 0.752 bits per heavy atom. The van der Waals surface area contributed by atoms with E-state index in [0.717, 1.165) is 22.8 Å². The van der Waals surface area contributed by atoms with Crippen LogP contribution in [0.25, 0.3) is 28.4 Å². The van der Waals surface area contributed by atoms with Crippen LogP contribution in [0.4, 0.5) is 10.5 Å². The van der Waals surface area contributed by atoms with Gasteiger partial charge in [0, 0.05) is 78.9 Å². The zero-order valence-corrected chi connectivity index (χ0v) is 65.6. The number of esters is 1. The maximum atomic E-state index is 14.4. The second kappa shape index (κ2) is 47.2. The van der Waals surface area contributed by atoms with E-state index in [4.69, 9.17) is 67.6 Å². The van der Waals surface area contributed by atoms with Crippen molar-refractivity contribution in [3.63, 3.8) is 0 Å². The van der Waals surface area contributed by atoms with Crippen molar-refractivity contribution in [2.45, 2.75) is 135 Å². The molecule has 616 valence electrons. The van der Waals surface area contributed by atoms with Gasteiger partial charge in [-0.15, -0.1) is 5.10 Å². The molecule has 0 radical (unpaired) electrons. The van der Waals surface area contributed by atoms with Crippen molar-refractivity contribution < 1.29 is 98.8 Å². The largest absolute Gasteiger partial charge is 0.510 e. The number of nitrogens with one attached hydrogen (secondary N) is 4. The predicted molar refractivity (Wildman–Crippen MR) is 410 cm³/mol. The number of sulfone groups is 1. The number of aromatic nitrogens is 7. The Bertz CT molecular complexity index is 4280. The number of fused-ring (bicyclic) bond motifs is 5. The van der Waals surface area contributed by atoms with Crippen LogP contribution in [-0.4, -0.2) is 246 Å². The zero-order valence-electron chi connectivity index (χ0n) is 64.8. The van der Waals surface area contributed by atoms with Gasteiger partial charge in [-0.25, -0.2) is 37.6 Å². The second-order valence-electron chi connectivity index (χ2n) is 26.6. The first-order valence-electron chi connectivity index (χ1n) is 37.9. The molecule has 2 atom stereocenters.